The molecule has 0 aliphatic rings. The second kappa shape index (κ2) is 10.1. The molecule has 1 rings (SSSR count). The molecule has 0 aromatic heterocycles. The zero-order chi connectivity index (χ0) is 16.4. The van der Waals surface area contributed by atoms with Gasteiger partial charge in [0.15, 0.2) is 0 Å². The molecule has 0 aliphatic heterocycles. The van der Waals surface area contributed by atoms with Gasteiger partial charge in [-0.3, -0.25) is 20.4 Å². The van der Waals surface area contributed by atoms with E-state index in [1.807, 2.05) is 0 Å². The Labute approximate surface area is 137 Å². The average Bonchev–Trinajstić information content (AvgIpc) is 2.52. The monoisotopic (exact) mass is 374 g/mol. The number of carbonyl (C=O) groups is 2. The Morgan fingerprint density at radius 2 is 2.00 bits per heavy atom. The summed E-state index contributed by atoms with van der Waals surface area (Å²) < 4.78 is 16.0. The summed E-state index contributed by atoms with van der Waals surface area (Å²) >= 11 is 3.29. The lowest BCUT2D eigenvalue weighted by atomic mass is 10.2. The number of hydrogen-bond acceptors (Lipinski definition) is 5. The van der Waals surface area contributed by atoms with Crippen LogP contribution in [-0.2, 0) is 14.3 Å². The van der Waals surface area contributed by atoms with Crippen LogP contribution >= 0.6 is 15.9 Å². The lowest BCUT2D eigenvalue weighted by Gasteiger charge is -2.12. The van der Waals surface area contributed by atoms with Gasteiger partial charge in [-0.05, 0) is 25.1 Å². The van der Waals surface area contributed by atoms with Crippen LogP contribution in [-0.4, -0.2) is 45.4 Å². The summed E-state index contributed by atoms with van der Waals surface area (Å²) in [6.07, 6.45) is 0. The van der Waals surface area contributed by atoms with Crippen molar-refractivity contribution in [2.24, 2.45) is 0 Å². The first-order valence-electron chi connectivity index (χ1n) is 6.66. The normalized spacial score (nSPS) is 10.1. The van der Waals surface area contributed by atoms with Crippen LogP contribution in [0.3, 0.4) is 0 Å². The molecule has 2 N–H and O–H groups in total. The number of rotatable bonds is 8. The van der Waals surface area contributed by atoms with Crippen molar-refractivity contribution in [3.05, 3.63) is 28.2 Å². The van der Waals surface area contributed by atoms with Crippen molar-refractivity contribution >= 4 is 27.7 Å². The van der Waals surface area contributed by atoms with Gasteiger partial charge in [-0.2, -0.15) is 0 Å². The first-order chi connectivity index (χ1) is 10.6. The van der Waals surface area contributed by atoms with Crippen molar-refractivity contribution in [3.8, 4) is 5.75 Å². The predicted molar refractivity (Wildman–Crippen MR) is 83.6 cm³/mol. The number of hydrazine groups is 1. The van der Waals surface area contributed by atoms with E-state index in [1.165, 1.54) is 0 Å². The van der Waals surface area contributed by atoms with Crippen molar-refractivity contribution in [1.82, 2.24) is 10.9 Å². The Morgan fingerprint density at radius 3 is 2.68 bits per heavy atom. The average molecular weight is 375 g/mol. The number of carbonyl (C=O) groups excluding carboxylic acids is 2. The smallest absolute Gasteiger partial charge is 0.273 e. The van der Waals surface area contributed by atoms with Crippen molar-refractivity contribution in [2.45, 2.75) is 6.92 Å². The molecule has 0 saturated carbocycles. The molecule has 0 spiro atoms. The van der Waals surface area contributed by atoms with E-state index in [1.54, 1.807) is 32.2 Å². The van der Waals surface area contributed by atoms with Crippen LogP contribution in [0.2, 0.25) is 0 Å². The van der Waals surface area contributed by atoms with E-state index < -0.39 is 11.8 Å². The van der Waals surface area contributed by atoms with Gasteiger partial charge in [0.2, 0.25) is 0 Å². The molecule has 0 heterocycles. The van der Waals surface area contributed by atoms with Crippen LogP contribution in [0.1, 0.15) is 17.3 Å². The minimum Gasteiger partial charge on any atom is -0.490 e. The van der Waals surface area contributed by atoms with E-state index in [-0.39, 0.29) is 6.61 Å². The van der Waals surface area contributed by atoms with Crippen molar-refractivity contribution in [1.29, 1.82) is 0 Å². The van der Waals surface area contributed by atoms with Gasteiger partial charge in [0.05, 0.1) is 12.2 Å². The second-order valence-corrected chi connectivity index (χ2v) is 5.04. The number of benzene rings is 1. The topological polar surface area (TPSA) is 85.9 Å². The number of ether oxygens (including phenoxy) is 3. The van der Waals surface area contributed by atoms with E-state index in [0.29, 0.717) is 31.1 Å². The molecule has 8 heteroatoms. The molecule has 0 radical (unpaired) electrons. The van der Waals surface area contributed by atoms with Gasteiger partial charge in [0.25, 0.3) is 11.8 Å². The second-order valence-electron chi connectivity index (χ2n) is 4.12. The molecule has 1 aromatic carbocycles. The molecule has 7 nitrogen and oxygen atoms in total. The van der Waals surface area contributed by atoms with E-state index in [4.69, 9.17) is 14.2 Å². The predicted octanol–water partition coefficient (Wildman–Crippen LogP) is 1.27. The van der Waals surface area contributed by atoms with Gasteiger partial charge in [-0.25, -0.2) is 0 Å². The fourth-order valence-corrected chi connectivity index (χ4v) is 1.83. The lowest BCUT2D eigenvalue weighted by molar-refractivity contribution is -0.126. The fraction of sp³-hybridized carbons (Fsp3) is 0.429. The van der Waals surface area contributed by atoms with E-state index >= 15 is 0 Å². The lowest BCUT2D eigenvalue weighted by Crippen LogP contribution is -2.43. The summed E-state index contributed by atoms with van der Waals surface area (Å²) in [6, 6.07) is 5.02. The third-order valence-corrected chi connectivity index (χ3v) is 2.98. The molecule has 0 bridgehead atoms. The first kappa shape index (κ1) is 18.4. The Hall–Kier alpha value is -1.64. The molecule has 0 saturated heterocycles. The highest BCUT2D eigenvalue weighted by Crippen LogP contribution is 2.23. The summed E-state index contributed by atoms with van der Waals surface area (Å²) in [6.45, 7) is 2.80. The Morgan fingerprint density at radius 1 is 1.23 bits per heavy atom. The summed E-state index contributed by atoms with van der Waals surface area (Å²) in [7, 11) is 1.56. The van der Waals surface area contributed by atoms with Crippen LogP contribution in [0.25, 0.3) is 0 Å². The highest BCUT2D eigenvalue weighted by atomic mass is 79.9. The van der Waals surface area contributed by atoms with Gasteiger partial charge in [0, 0.05) is 18.2 Å². The maximum Gasteiger partial charge on any atom is 0.273 e. The van der Waals surface area contributed by atoms with Crippen LogP contribution < -0.4 is 15.6 Å². The standard InChI is InChI=1S/C14H19BrN2O5/c1-3-21-9-13(18)16-17-14(19)11-8-10(15)4-5-12(11)22-7-6-20-2/h4-5,8H,3,6-7,9H2,1-2H3,(H,16,18)(H,17,19). The van der Waals surface area contributed by atoms with Crippen molar-refractivity contribution in [3.63, 3.8) is 0 Å². The fourth-order valence-electron chi connectivity index (χ4n) is 1.47. The van der Waals surface area contributed by atoms with Crippen LogP contribution in [0.15, 0.2) is 22.7 Å². The Kier molecular flexibility index (Phi) is 8.49. The van der Waals surface area contributed by atoms with Gasteiger partial charge >= 0.3 is 0 Å². The van der Waals surface area contributed by atoms with Gasteiger partial charge < -0.3 is 14.2 Å². The summed E-state index contributed by atoms with van der Waals surface area (Å²) in [5, 5.41) is 0. The number of methoxy groups -OCH3 is 1. The van der Waals surface area contributed by atoms with Crippen molar-refractivity contribution in [2.75, 3.05) is 33.5 Å². The number of amides is 2. The molecule has 122 valence electrons. The van der Waals surface area contributed by atoms with Crippen LogP contribution in [0.5, 0.6) is 5.75 Å². The van der Waals surface area contributed by atoms with Gasteiger partial charge in [-0.15, -0.1) is 0 Å². The van der Waals surface area contributed by atoms with E-state index in [9.17, 15) is 9.59 Å². The van der Waals surface area contributed by atoms with Crippen molar-refractivity contribution < 1.29 is 23.8 Å². The number of nitrogens with one attached hydrogen (secondary N) is 2. The molecule has 2 amide bonds. The van der Waals surface area contributed by atoms with E-state index in [2.05, 4.69) is 26.8 Å². The minimum absolute atomic E-state index is 0.119. The third-order valence-electron chi connectivity index (χ3n) is 2.48. The first-order valence-corrected chi connectivity index (χ1v) is 7.46. The summed E-state index contributed by atoms with van der Waals surface area (Å²) in [5.74, 6) is -0.526. The Balaban J connectivity index is 2.66. The molecule has 0 atom stereocenters. The minimum atomic E-state index is -0.487. The third kappa shape index (κ3) is 6.42. The maximum absolute atomic E-state index is 12.1. The molecule has 0 unspecified atom stereocenters. The highest BCUT2D eigenvalue weighted by Gasteiger charge is 2.14. The van der Waals surface area contributed by atoms with Gasteiger partial charge in [0.1, 0.15) is 19.0 Å². The highest BCUT2D eigenvalue weighted by molar-refractivity contribution is 9.10. The zero-order valence-corrected chi connectivity index (χ0v) is 14.1. The van der Waals surface area contributed by atoms with Gasteiger partial charge in [-0.1, -0.05) is 15.9 Å². The molecular formula is C14H19BrN2O5. The molecule has 1 aromatic rings. The Bertz CT molecular complexity index is 510. The SMILES string of the molecule is CCOCC(=O)NNC(=O)c1cc(Br)ccc1OCCOC. The summed E-state index contributed by atoms with van der Waals surface area (Å²) in [5.41, 5.74) is 4.88. The molecule has 22 heavy (non-hydrogen) atoms. The maximum atomic E-state index is 12.1. The molecule has 0 fully saturated rings. The quantitative estimate of drug-likeness (QED) is 0.528. The summed E-state index contributed by atoms with van der Waals surface area (Å²) in [4.78, 5) is 23.5. The van der Waals surface area contributed by atoms with Crippen LogP contribution in [0, 0.1) is 0 Å². The molecule has 0 aliphatic carbocycles. The number of halogens is 1. The largest absolute Gasteiger partial charge is 0.490 e. The van der Waals surface area contributed by atoms with E-state index in [0.717, 1.165) is 4.47 Å². The molecular weight excluding hydrogens is 356 g/mol. The number of hydrogen-bond donors (Lipinski definition) is 2. The zero-order valence-electron chi connectivity index (χ0n) is 12.5. The van der Waals surface area contributed by atoms with Crippen LogP contribution in [0.4, 0.5) is 0 Å².